The van der Waals surface area contributed by atoms with Crippen molar-refractivity contribution in [1.29, 1.82) is 0 Å². The van der Waals surface area contributed by atoms with E-state index in [1.54, 1.807) is 52.7 Å². The van der Waals surface area contributed by atoms with Crippen LogP contribution in [0.2, 0.25) is 0 Å². The van der Waals surface area contributed by atoms with E-state index in [1.165, 1.54) is 0 Å². The number of hydrogen-bond acceptors (Lipinski definition) is 7. The first-order chi connectivity index (χ1) is 12.6. The average molecular weight is 382 g/mol. The van der Waals surface area contributed by atoms with Crippen LogP contribution in [0.4, 0.5) is 0 Å². The first-order valence-corrected chi connectivity index (χ1v) is 8.91. The summed E-state index contributed by atoms with van der Waals surface area (Å²) in [4.78, 5) is 9.99. The van der Waals surface area contributed by atoms with E-state index in [-0.39, 0.29) is 13.2 Å². The third-order valence-corrected chi connectivity index (χ3v) is 4.35. The molecule has 0 atom stereocenters. The predicted molar refractivity (Wildman–Crippen MR) is 97.8 cm³/mol. The van der Waals surface area contributed by atoms with Crippen LogP contribution in [0.5, 0.6) is 23.0 Å². The molecule has 0 fully saturated rings. The highest BCUT2D eigenvalue weighted by molar-refractivity contribution is 7.40. The molecule has 26 heavy (non-hydrogen) atoms. The standard InChI is InChI=1S/C18H23O7P/c1-20-15-7-5-13(17(9-15)22-3)11-24-26(19)25-12-14-6-8-16(21-2)10-18(14)23-4/h5-10,19H,11-12H2,1-4H3. The van der Waals surface area contributed by atoms with Gasteiger partial charge >= 0.3 is 8.60 Å². The number of hydrogen-bond donors (Lipinski definition) is 1. The van der Waals surface area contributed by atoms with E-state index in [4.69, 9.17) is 28.0 Å². The summed E-state index contributed by atoms with van der Waals surface area (Å²) in [6.07, 6.45) is 0. The van der Waals surface area contributed by atoms with Gasteiger partial charge in [-0.05, 0) is 24.3 Å². The van der Waals surface area contributed by atoms with Crippen molar-refractivity contribution in [2.75, 3.05) is 28.4 Å². The minimum atomic E-state index is -2.06. The van der Waals surface area contributed by atoms with Crippen LogP contribution < -0.4 is 18.9 Å². The van der Waals surface area contributed by atoms with Gasteiger partial charge in [0.2, 0.25) is 0 Å². The fourth-order valence-corrected chi connectivity index (χ4v) is 2.80. The summed E-state index contributed by atoms with van der Waals surface area (Å²) in [6, 6.07) is 10.7. The second kappa shape index (κ2) is 10.2. The number of rotatable bonds is 10. The monoisotopic (exact) mass is 382 g/mol. The van der Waals surface area contributed by atoms with E-state index < -0.39 is 8.60 Å². The van der Waals surface area contributed by atoms with Crippen LogP contribution in [-0.4, -0.2) is 33.3 Å². The molecule has 142 valence electrons. The van der Waals surface area contributed by atoms with Gasteiger partial charge in [0.1, 0.15) is 23.0 Å². The number of ether oxygens (including phenoxy) is 4. The molecule has 0 aliphatic carbocycles. The van der Waals surface area contributed by atoms with Crippen molar-refractivity contribution in [3.8, 4) is 23.0 Å². The van der Waals surface area contributed by atoms with E-state index in [0.29, 0.717) is 23.0 Å². The maximum Gasteiger partial charge on any atom is 0.330 e. The van der Waals surface area contributed by atoms with Crippen molar-refractivity contribution in [3.05, 3.63) is 47.5 Å². The molecule has 2 aromatic rings. The molecule has 0 saturated heterocycles. The van der Waals surface area contributed by atoms with Gasteiger partial charge in [0.05, 0.1) is 41.7 Å². The van der Waals surface area contributed by atoms with Gasteiger partial charge in [-0.15, -0.1) is 0 Å². The topological polar surface area (TPSA) is 75.6 Å². The van der Waals surface area contributed by atoms with E-state index in [0.717, 1.165) is 11.1 Å². The first kappa shape index (κ1) is 20.3. The van der Waals surface area contributed by atoms with Gasteiger partial charge in [-0.1, -0.05) is 0 Å². The van der Waals surface area contributed by atoms with Crippen LogP contribution in [-0.2, 0) is 22.3 Å². The normalized spacial score (nSPS) is 10.7. The lowest BCUT2D eigenvalue weighted by atomic mass is 10.2. The summed E-state index contributed by atoms with van der Waals surface area (Å²) in [6.45, 7) is 0.296. The zero-order valence-corrected chi connectivity index (χ0v) is 16.1. The largest absolute Gasteiger partial charge is 0.497 e. The summed E-state index contributed by atoms with van der Waals surface area (Å²) < 4.78 is 31.7. The molecular weight excluding hydrogens is 359 g/mol. The minimum absolute atomic E-state index is 0.148. The van der Waals surface area contributed by atoms with Crippen LogP contribution in [0.3, 0.4) is 0 Å². The van der Waals surface area contributed by atoms with Crippen molar-refractivity contribution in [2.45, 2.75) is 13.2 Å². The lowest BCUT2D eigenvalue weighted by Crippen LogP contribution is -1.98. The second-order valence-electron chi connectivity index (χ2n) is 5.14. The van der Waals surface area contributed by atoms with E-state index in [9.17, 15) is 4.89 Å². The van der Waals surface area contributed by atoms with Gasteiger partial charge in [-0.3, -0.25) is 0 Å². The first-order valence-electron chi connectivity index (χ1n) is 7.78. The fraction of sp³-hybridized carbons (Fsp3) is 0.333. The Morgan fingerprint density at radius 1 is 0.692 bits per heavy atom. The molecule has 0 aliphatic rings. The Labute approximate surface area is 154 Å². The molecule has 7 nitrogen and oxygen atoms in total. The Morgan fingerprint density at radius 3 is 1.46 bits per heavy atom. The summed E-state index contributed by atoms with van der Waals surface area (Å²) in [5, 5.41) is 0. The Bertz CT molecular complexity index is 648. The molecule has 0 radical (unpaired) electrons. The van der Waals surface area contributed by atoms with Crippen LogP contribution in [0, 0.1) is 0 Å². The van der Waals surface area contributed by atoms with Gasteiger partial charge in [0, 0.05) is 23.3 Å². The highest BCUT2D eigenvalue weighted by atomic mass is 31.2. The SMILES string of the molecule is COc1ccc(COP(O)OCc2ccc(OC)cc2OC)c(OC)c1. The van der Waals surface area contributed by atoms with Crippen molar-refractivity contribution in [3.63, 3.8) is 0 Å². The van der Waals surface area contributed by atoms with E-state index in [1.807, 2.05) is 12.1 Å². The highest BCUT2D eigenvalue weighted by Gasteiger charge is 2.13. The smallest absolute Gasteiger partial charge is 0.330 e. The molecule has 1 N–H and O–H groups in total. The van der Waals surface area contributed by atoms with Crippen LogP contribution in [0.15, 0.2) is 36.4 Å². The van der Waals surface area contributed by atoms with Crippen LogP contribution in [0.1, 0.15) is 11.1 Å². The molecule has 0 heterocycles. The lowest BCUT2D eigenvalue weighted by molar-refractivity contribution is 0.184. The Hall–Kier alpha value is -2.05. The van der Waals surface area contributed by atoms with Gasteiger partial charge in [-0.25, -0.2) is 0 Å². The predicted octanol–water partition coefficient (Wildman–Crippen LogP) is 3.67. The highest BCUT2D eigenvalue weighted by Crippen LogP contribution is 2.38. The molecule has 8 heteroatoms. The molecule has 0 aromatic heterocycles. The quantitative estimate of drug-likeness (QED) is 0.628. The molecule has 0 saturated carbocycles. The lowest BCUT2D eigenvalue weighted by Gasteiger charge is -2.15. The maximum absolute atomic E-state index is 9.99. The molecular formula is C18H23O7P. The van der Waals surface area contributed by atoms with Crippen LogP contribution >= 0.6 is 8.60 Å². The van der Waals surface area contributed by atoms with Gasteiger partial charge in [-0.2, -0.15) is 0 Å². The van der Waals surface area contributed by atoms with Crippen molar-refractivity contribution in [1.82, 2.24) is 0 Å². The third kappa shape index (κ3) is 5.47. The molecule has 2 rings (SSSR count). The summed E-state index contributed by atoms with van der Waals surface area (Å²) in [5.74, 6) is 2.59. The number of benzene rings is 2. The third-order valence-electron chi connectivity index (χ3n) is 3.65. The van der Waals surface area contributed by atoms with E-state index >= 15 is 0 Å². The fourth-order valence-electron chi connectivity index (χ4n) is 2.23. The average Bonchev–Trinajstić information content (AvgIpc) is 2.70. The Kier molecular flexibility index (Phi) is 7.94. The minimum Gasteiger partial charge on any atom is -0.497 e. The molecule has 0 bridgehead atoms. The second-order valence-corrected chi connectivity index (χ2v) is 6.13. The summed E-state index contributed by atoms with van der Waals surface area (Å²) in [5.41, 5.74) is 1.56. The molecule has 2 aromatic carbocycles. The maximum atomic E-state index is 9.99. The van der Waals surface area contributed by atoms with Gasteiger partial charge in [0.25, 0.3) is 0 Å². The number of methoxy groups -OCH3 is 4. The molecule has 0 spiro atoms. The molecule has 0 aliphatic heterocycles. The summed E-state index contributed by atoms with van der Waals surface area (Å²) in [7, 11) is 4.23. The Balaban J connectivity index is 1.90. The molecule has 0 unspecified atom stereocenters. The van der Waals surface area contributed by atoms with Crippen molar-refractivity contribution >= 4 is 8.60 Å². The van der Waals surface area contributed by atoms with Gasteiger partial charge in [0.15, 0.2) is 0 Å². The van der Waals surface area contributed by atoms with E-state index in [2.05, 4.69) is 0 Å². The van der Waals surface area contributed by atoms with Gasteiger partial charge < -0.3 is 32.9 Å². The zero-order chi connectivity index (χ0) is 18.9. The Morgan fingerprint density at radius 2 is 1.12 bits per heavy atom. The van der Waals surface area contributed by atoms with Crippen LogP contribution in [0.25, 0.3) is 0 Å². The van der Waals surface area contributed by atoms with Crippen molar-refractivity contribution in [2.24, 2.45) is 0 Å². The van der Waals surface area contributed by atoms with Crippen molar-refractivity contribution < 1.29 is 32.9 Å². The zero-order valence-electron chi connectivity index (χ0n) is 15.2. The molecule has 0 amide bonds. The summed E-state index contributed by atoms with van der Waals surface area (Å²) >= 11 is 0.